The number of anilines is 1. The van der Waals surface area contributed by atoms with Crippen molar-refractivity contribution in [3.05, 3.63) is 71.1 Å². The van der Waals surface area contributed by atoms with Gasteiger partial charge in [-0.1, -0.05) is 48.5 Å². The minimum atomic E-state index is -1.05. The largest absolute Gasteiger partial charge is 0.342 e. The van der Waals surface area contributed by atoms with Crippen LogP contribution < -0.4 is 16.1 Å². The molecule has 0 radical (unpaired) electrons. The molecule has 0 unspecified atom stereocenters. The molecule has 1 fully saturated rings. The van der Waals surface area contributed by atoms with E-state index in [2.05, 4.69) is 10.6 Å². The van der Waals surface area contributed by atoms with Crippen LogP contribution in [0.5, 0.6) is 0 Å². The molecule has 32 heavy (non-hydrogen) atoms. The standard InChI is InChI=1S/C23H27N5O4/c1-16(24)22(30)27-14-8-13-20(27)21(29)25-19(15-17-9-4-2-5-10-17)23(31)28(26-32)18-11-6-3-7-12-18/h2-7,9-12,16,19-20H,8,13-15,24H2,1H3,(H,25,29)/t16-,19-,20-/m0/s1. The molecule has 0 aromatic heterocycles. The molecule has 3 atom stereocenters. The van der Waals surface area contributed by atoms with Gasteiger partial charge in [-0.15, -0.1) is 4.91 Å². The average molecular weight is 438 g/mol. The van der Waals surface area contributed by atoms with Crippen molar-refractivity contribution in [3.8, 4) is 0 Å². The van der Waals surface area contributed by atoms with Crippen LogP contribution in [0.3, 0.4) is 0 Å². The van der Waals surface area contributed by atoms with Gasteiger partial charge in [-0.2, -0.15) is 5.01 Å². The molecule has 2 aromatic rings. The topological polar surface area (TPSA) is 125 Å². The summed E-state index contributed by atoms with van der Waals surface area (Å²) >= 11 is 0. The fraction of sp³-hybridized carbons (Fsp3) is 0.348. The maximum atomic E-state index is 13.3. The second-order valence-electron chi connectivity index (χ2n) is 7.80. The van der Waals surface area contributed by atoms with Gasteiger partial charge in [0.05, 0.1) is 17.0 Å². The molecule has 9 nitrogen and oxygen atoms in total. The van der Waals surface area contributed by atoms with E-state index in [1.807, 2.05) is 30.3 Å². The molecule has 3 rings (SSSR count). The van der Waals surface area contributed by atoms with Gasteiger partial charge in [0.25, 0.3) is 5.91 Å². The van der Waals surface area contributed by atoms with Gasteiger partial charge < -0.3 is 16.0 Å². The van der Waals surface area contributed by atoms with Crippen LogP contribution in [0.1, 0.15) is 25.3 Å². The summed E-state index contributed by atoms with van der Waals surface area (Å²) in [5.74, 6) is -1.43. The number of nitroso groups, excluding NO2 is 1. The van der Waals surface area contributed by atoms with E-state index in [0.717, 1.165) is 10.6 Å². The van der Waals surface area contributed by atoms with E-state index in [4.69, 9.17) is 5.73 Å². The summed E-state index contributed by atoms with van der Waals surface area (Å²) in [6.07, 6.45) is 1.31. The number of benzene rings is 2. The number of nitrogens with one attached hydrogen (secondary N) is 1. The number of hydrogen-bond acceptors (Lipinski definition) is 6. The van der Waals surface area contributed by atoms with Crippen LogP contribution in [0.25, 0.3) is 0 Å². The Bertz CT molecular complexity index is 951. The SMILES string of the molecule is C[C@H](N)C(=O)N1CCC[C@H]1C(=O)N[C@@H](Cc1ccccc1)C(=O)N(N=O)c1ccccc1. The molecular formula is C23H27N5O4. The van der Waals surface area contributed by atoms with Gasteiger partial charge in [0, 0.05) is 13.0 Å². The summed E-state index contributed by atoms with van der Waals surface area (Å²) in [5, 5.41) is 6.39. The first kappa shape index (κ1) is 23.1. The number of carbonyl (C=O) groups excluding carboxylic acids is 3. The van der Waals surface area contributed by atoms with Gasteiger partial charge in [-0.05, 0) is 37.5 Å². The molecular weight excluding hydrogens is 410 g/mol. The highest BCUT2D eigenvalue weighted by Gasteiger charge is 2.37. The van der Waals surface area contributed by atoms with Crippen LogP contribution >= 0.6 is 0 Å². The predicted octanol–water partition coefficient (Wildman–Crippen LogP) is 1.77. The van der Waals surface area contributed by atoms with E-state index in [1.165, 1.54) is 4.90 Å². The molecule has 1 saturated heterocycles. The lowest BCUT2D eigenvalue weighted by molar-refractivity contribution is -0.139. The van der Waals surface area contributed by atoms with E-state index < -0.39 is 29.9 Å². The Morgan fingerprint density at radius 3 is 2.34 bits per heavy atom. The molecule has 9 heteroatoms. The second kappa shape index (κ2) is 10.6. The lowest BCUT2D eigenvalue weighted by Gasteiger charge is -2.28. The molecule has 0 saturated carbocycles. The monoisotopic (exact) mass is 437 g/mol. The summed E-state index contributed by atoms with van der Waals surface area (Å²) < 4.78 is 0. The van der Waals surface area contributed by atoms with Crippen molar-refractivity contribution in [2.45, 2.75) is 44.3 Å². The fourth-order valence-corrected chi connectivity index (χ4v) is 3.81. The van der Waals surface area contributed by atoms with E-state index >= 15 is 0 Å². The van der Waals surface area contributed by atoms with Crippen molar-refractivity contribution in [1.29, 1.82) is 0 Å². The summed E-state index contributed by atoms with van der Waals surface area (Å²) in [6.45, 7) is 2.01. The number of nitrogens with zero attached hydrogens (tertiary/aromatic N) is 3. The molecule has 0 bridgehead atoms. The van der Waals surface area contributed by atoms with Crippen molar-refractivity contribution in [1.82, 2.24) is 10.2 Å². The third-order valence-corrected chi connectivity index (χ3v) is 5.42. The molecule has 1 aliphatic heterocycles. The zero-order valence-corrected chi connectivity index (χ0v) is 17.9. The maximum absolute atomic E-state index is 13.3. The van der Waals surface area contributed by atoms with Gasteiger partial charge >= 0.3 is 0 Å². The normalized spacial score (nSPS) is 17.3. The zero-order chi connectivity index (χ0) is 23.1. The highest BCUT2D eigenvalue weighted by molar-refractivity contribution is 6.00. The van der Waals surface area contributed by atoms with Crippen molar-refractivity contribution < 1.29 is 14.4 Å². The van der Waals surface area contributed by atoms with Crippen LogP contribution in [-0.2, 0) is 20.8 Å². The molecule has 1 aliphatic rings. The third-order valence-electron chi connectivity index (χ3n) is 5.42. The van der Waals surface area contributed by atoms with Gasteiger partial charge in [0.1, 0.15) is 12.1 Å². The van der Waals surface area contributed by atoms with E-state index in [9.17, 15) is 19.3 Å². The first-order chi connectivity index (χ1) is 15.4. The quantitative estimate of drug-likeness (QED) is 0.481. The summed E-state index contributed by atoms with van der Waals surface area (Å²) in [6, 6.07) is 15.0. The first-order valence-electron chi connectivity index (χ1n) is 10.5. The van der Waals surface area contributed by atoms with E-state index in [1.54, 1.807) is 37.3 Å². The molecule has 0 spiro atoms. The van der Waals surface area contributed by atoms with Gasteiger partial charge in [0.15, 0.2) is 0 Å². The Morgan fingerprint density at radius 2 is 1.75 bits per heavy atom. The number of likely N-dealkylation sites (tertiary alicyclic amines) is 1. The van der Waals surface area contributed by atoms with Crippen molar-refractivity contribution in [2.24, 2.45) is 11.0 Å². The molecule has 0 aliphatic carbocycles. The lowest BCUT2D eigenvalue weighted by Crippen LogP contribution is -2.55. The predicted molar refractivity (Wildman–Crippen MR) is 120 cm³/mol. The van der Waals surface area contributed by atoms with Crippen LogP contribution in [0.15, 0.2) is 65.9 Å². The van der Waals surface area contributed by atoms with Crippen LogP contribution in [-0.4, -0.2) is 47.3 Å². The van der Waals surface area contributed by atoms with Gasteiger partial charge in [0.2, 0.25) is 11.8 Å². The number of para-hydroxylation sites is 1. The highest BCUT2D eigenvalue weighted by atomic mass is 16.3. The Kier molecular flexibility index (Phi) is 7.67. The summed E-state index contributed by atoms with van der Waals surface area (Å²) in [4.78, 5) is 51.8. The number of amides is 3. The zero-order valence-electron chi connectivity index (χ0n) is 17.9. The van der Waals surface area contributed by atoms with Gasteiger partial charge in [-0.25, -0.2) is 0 Å². The summed E-state index contributed by atoms with van der Waals surface area (Å²) in [5.41, 5.74) is 6.83. The van der Waals surface area contributed by atoms with Crippen LogP contribution in [0.4, 0.5) is 5.69 Å². The van der Waals surface area contributed by atoms with E-state index in [0.29, 0.717) is 25.1 Å². The Labute approximate surface area is 186 Å². The first-order valence-corrected chi connectivity index (χ1v) is 10.5. The lowest BCUT2D eigenvalue weighted by atomic mass is 10.0. The molecule has 168 valence electrons. The minimum Gasteiger partial charge on any atom is -0.342 e. The fourth-order valence-electron chi connectivity index (χ4n) is 3.81. The molecule has 3 N–H and O–H groups in total. The smallest absolute Gasteiger partial charge is 0.272 e. The molecule has 1 heterocycles. The highest BCUT2D eigenvalue weighted by Crippen LogP contribution is 2.20. The Hall–Kier alpha value is -3.59. The number of nitrogens with two attached hydrogens (primary N) is 1. The number of hydrogen-bond donors (Lipinski definition) is 2. The average Bonchev–Trinajstić information content (AvgIpc) is 3.30. The van der Waals surface area contributed by atoms with Crippen molar-refractivity contribution in [3.63, 3.8) is 0 Å². The van der Waals surface area contributed by atoms with Crippen LogP contribution in [0.2, 0.25) is 0 Å². The molecule has 2 aromatic carbocycles. The van der Waals surface area contributed by atoms with Crippen molar-refractivity contribution >= 4 is 23.4 Å². The Morgan fingerprint density at radius 1 is 1.12 bits per heavy atom. The molecule has 3 amide bonds. The third kappa shape index (κ3) is 5.36. The number of carbonyl (C=O) groups is 3. The van der Waals surface area contributed by atoms with Crippen molar-refractivity contribution in [2.75, 3.05) is 11.6 Å². The summed E-state index contributed by atoms with van der Waals surface area (Å²) in [7, 11) is 0. The Balaban J connectivity index is 1.84. The van der Waals surface area contributed by atoms with Gasteiger partial charge in [-0.3, -0.25) is 14.4 Å². The van der Waals surface area contributed by atoms with Crippen LogP contribution in [0, 0.1) is 4.91 Å². The maximum Gasteiger partial charge on any atom is 0.272 e. The second-order valence-corrected chi connectivity index (χ2v) is 7.80. The van der Waals surface area contributed by atoms with E-state index in [-0.39, 0.29) is 12.3 Å². The number of rotatable bonds is 8. The minimum absolute atomic E-state index is 0.165.